The highest BCUT2D eigenvalue weighted by Crippen LogP contribution is 2.38. The molecule has 0 saturated carbocycles. The van der Waals surface area contributed by atoms with Crippen LogP contribution in [0.25, 0.3) is 0 Å². The van der Waals surface area contributed by atoms with Crippen molar-refractivity contribution in [3.05, 3.63) is 67.8 Å². The van der Waals surface area contributed by atoms with Crippen LogP contribution < -0.4 is 20.9 Å². The first-order valence-corrected chi connectivity index (χ1v) is 9.24. The van der Waals surface area contributed by atoms with Gasteiger partial charge in [0.2, 0.25) is 0 Å². The molecule has 0 amide bonds. The van der Waals surface area contributed by atoms with Crippen molar-refractivity contribution in [2.45, 2.75) is 0 Å². The number of nitrogen functional groups attached to an aromatic ring is 2. The van der Waals surface area contributed by atoms with Gasteiger partial charge >= 0.3 is 0 Å². The minimum Gasteiger partial charge on any atom is -0.454 e. The Morgan fingerprint density at radius 3 is 1.33 bits per heavy atom. The Morgan fingerprint density at radius 1 is 0.583 bits per heavy atom. The molecular weight excluding hydrogens is 530 g/mol. The van der Waals surface area contributed by atoms with Crippen molar-refractivity contribution in [2.75, 3.05) is 11.5 Å². The van der Waals surface area contributed by atoms with Crippen LogP contribution in [0.3, 0.4) is 0 Å². The average molecular weight is 544 g/mol. The van der Waals surface area contributed by atoms with E-state index in [0.29, 0.717) is 22.9 Å². The topological polar surface area (TPSA) is 70.5 Å². The number of halogens is 2. The van der Waals surface area contributed by atoms with E-state index in [1.807, 2.05) is 60.7 Å². The van der Waals surface area contributed by atoms with Gasteiger partial charge in [-0.2, -0.15) is 0 Å². The van der Waals surface area contributed by atoms with Crippen molar-refractivity contribution in [3.8, 4) is 23.0 Å². The summed E-state index contributed by atoms with van der Waals surface area (Å²) in [7, 11) is 0. The van der Waals surface area contributed by atoms with Crippen LogP contribution in [-0.4, -0.2) is 0 Å². The van der Waals surface area contributed by atoms with E-state index in [1.54, 1.807) is 0 Å². The number of hydrogen-bond acceptors (Lipinski definition) is 4. The first kappa shape index (κ1) is 17.2. The van der Waals surface area contributed by atoms with Gasteiger partial charge < -0.3 is 20.9 Å². The molecule has 0 bridgehead atoms. The van der Waals surface area contributed by atoms with Gasteiger partial charge in [0.25, 0.3) is 0 Å². The van der Waals surface area contributed by atoms with Crippen molar-refractivity contribution in [1.82, 2.24) is 0 Å². The Kier molecular flexibility index (Phi) is 5.34. The summed E-state index contributed by atoms with van der Waals surface area (Å²) in [4.78, 5) is 0. The maximum Gasteiger partial charge on any atom is 0.150 e. The molecule has 3 rings (SSSR count). The van der Waals surface area contributed by atoms with E-state index in [9.17, 15) is 0 Å². The summed E-state index contributed by atoms with van der Waals surface area (Å²) in [5.41, 5.74) is 13.1. The number of ether oxygens (including phenoxy) is 2. The smallest absolute Gasteiger partial charge is 0.150 e. The van der Waals surface area contributed by atoms with E-state index in [1.165, 1.54) is 0 Å². The maximum absolute atomic E-state index is 5.94. The molecule has 4 nitrogen and oxygen atoms in total. The zero-order valence-corrected chi connectivity index (χ0v) is 16.8. The van der Waals surface area contributed by atoms with Gasteiger partial charge in [0, 0.05) is 0 Å². The lowest BCUT2D eigenvalue weighted by Crippen LogP contribution is -1.96. The van der Waals surface area contributed by atoms with Crippen LogP contribution in [0.15, 0.2) is 60.7 Å². The average Bonchev–Trinajstić information content (AvgIpc) is 2.56. The summed E-state index contributed by atoms with van der Waals surface area (Å²) in [6.07, 6.45) is 0. The molecule has 0 aromatic heterocycles. The van der Waals surface area contributed by atoms with Crippen LogP contribution in [0.1, 0.15) is 0 Å². The van der Waals surface area contributed by atoms with Gasteiger partial charge in [-0.1, -0.05) is 24.3 Å². The standard InChI is InChI=1S/C18H14I2N2O2/c19-11-10-18(24-16-8-4-2-6-14(16)22)12(20)9-17(11)23-15-7-3-1-5-13(15)21/h1-10H,21-22H2. The number of hydrogen-bond donors (Lipinski definition) is 2. The molecule has 0 aliphatic heterocycles. The maximum atomic E-state index is 5.94. The Balaban J connectivity index is 1.89. The van der Waals surface area contributed by atoms with Crippen LogP contribution >= 0.6 is 45.2 Å². The van der Waals surface area contributed by atoms with E-state index < -0.39 is 0 Å². The molecule has 0 unspecified atom stereocenters. The van der Waals surface area contributed by atoms with Crippen molar-refractivity contribution in [1.29, 1.82) is 0 Å². The lowest BCUT2D eigenvalue weighted by molar-refractivity contribution is 0.466. The molecule has 3 aromatic rings. The third-order valence-electron chi connectivity index (χ3n) is 3.26. The van der Waals surface area contributed by atoms with E-state index in [-0.39, 0.29) is 0 Å². The number of rotatable bonds is 4. The van der Waals surface area contributed by atoms with Gasteiger partial charge in [-0.05, 0) is 81.6 Å². The Bertz CT molecular complexity index is 811. The highest BCUT2D eigenvalue weighted by atomic mass is 127. The first-order valence-electron chi connectivity index (χ1n) is 7.08. The molecular formula is C18H14I2N2O2. The van der Waals surface area contributed by atoms with Crippen molar-refractivity contribution in [2.24, 2.45) is 0 Å². The molecule has 0 radical (unpaired) electrons. The second-order valence-electron chi connectivity index (χ2n) is 4.99. The first-order chi connectivity index (χ1) is 11.5. The predicted molar refractivity (Wildman–Crippen MR) is 114 cm³/mol. The van der Waals surface area contributed by atoms with Gasteiger partial charge in [0.1, 0.15) is 23.0 Å². The quantitative estimate of drug-likeness (QED) is 0.330. The number of nitrogens with two attached hydrogens (primary N) is 2. The second-order valence-corrected chi connectivity index (χ2v) is 7.32. The SMILES string of the molecule is Nc1ccccc1Oc1cc(I)c(Oc2ccccc2N)cc1I. The molecule has 0 atom stereocenters. The molecule has 4 N–H and O–H groups in total. The monoisotopic (exact) mass is 544 g/mol. The summed E-state index contributed by atoms with van der Waals surface area (Å²) in [6, 6.07) is 18.7. The van der Waals surface area contributed by atoms with E-state index in [0.717, 1.165) is 18.6 Å². The van der Waals surface area contributed by atoms with E-state index in [2.05, 4.69) is 45.2 Å². The molecule has 3 aromatic carbocycles. The Hall–Kier alpha value is -1.68. The summed E-state index contributed by atoms with van der Waals surface area (Å²) in [5, 5.41) is 0. The van der Waals surface area contributed by atoms with Gasteiger partial charge in [-0.15, -0.1) is 0 Å². The fraction of sp³-hybridized carbons (Fsp3) is 0. The summed E-state index contributed by atoms with van der Waals surface area (Å²) >= 11 is 4.42. The number of para-hydroxylation sites is 4. The fourth-order valence-corrected chi connectivity index (χ4v) is 3.15. The van der Waals surface area contributed by atoms with Crippen molar-refractivity contribution >= 4 is 56.6 Å². The highest BCUT2D eigenvalue weighted by molar-refractivity contribution is 14.1. The molecule has 24 heavy (non-hydrogen) atoms. The highest BCUT2D eigenvalue weighted by Gasteiger charge is 2.12. The molecule has 0 spiro atoms. The lowest BCUT2D eigenvalue weighted by Gasteiger charge is -2.14. The van der Waals surface area contributed by atoms with E-state index >= 15 is 0 Å². The molecule has 0 saturated heterocycles. The number of benzene rings is 3. The molecule has 0 aliphatic carbocycles. The summed E-state index contributed by atoms with van der Waals surface area (Å²) in [6.45, 7) is 0. The second kappa shape index (κ2) is 7.47. The van der Waals surface area contributed by atoms with Gasteiger partial charge in [-0.3, -0.25) is 0 Å². The Labute approximate surface area is 167 Å². The summed E-state index contributed by atoms with van der Waals surface area (Å²) in [5.74, 6) is 2.72. The zero-order chi connectivity index (χ0) is 17.1. The Morgan fingerprint density at radius 2 is 0.958 bits per heavy atom. The fourth-order valence-electron chi connectivity index (χ4n) is 2.05. The van der Waals surface area contributed by atoms with Crippen LogP contribution in [0.5, 0.6) is 23.0 Å². The van der Waals surface area contributed by atoms with E-state index in [4.69, 9.17) is 20.9 Å². The molecule has 0 aliphatic rings. The van der Waals surface area contributed by atoms with Crippen LogP contribution in [0.4, 0.5) is 11.4 Å². The molecule has 0 heterocycles. The largest absolute Gasteiger partial charge is 0.454 e. The third kappa shape index (κ3) is 3.86. The number of anilines is 2. The van der Waals surface area contributed by atoms with Gasteiger partial charge in [0.05, 0.1) is 18.5 Å². The molecule has 122 valence electrons. The van der Waals surface area contributed by atoms with Gasteiger partial charge in [0.15, 0.2) is 0 Å². The molecule has 6 heteroatoms. The van der Waals surface area contributed by atoms with Crippen LogP contribution in [0.2, 0.25) is 0 Å². The van der Waals surface area contributed by atoms with Crippen molar-refractivity contribution < 1.29 is 9.47 Å². The third-order valence-corrected chi connectivity index (χ3v) is 4.95. The summed E-state index contributed by atoms with van der Waals surface area (Å²) < 4.78 is 13.7. The lowest BCUT2D eigenvalue weighted by atomic mass is 10.3. The predicted octanol–water partition coefficient (Wildman–Crippen LogP) is 5.64. The van der Waals surface area contributed by atoms with Crippen LogP contribution in [0, 0.1) is 7.14 Å². The zero-order valence-electron chi connectivity index (χ0n) is 12.5. The normalized spacial score (nSPS) is 10.4. The molecule has 0 fully saturated rings. The van der Waals surface area contributed by atoms with Crippen molar-refractivity contribution in [3.63, 3.8) is 0 Å². The van der Waals surface area contributed by atoms with Gasteiger partial charge in [-0.25, -0.2) is 0 Å². The minimum atomic E-state index is 0.598. The van der Waals surface area contributed by atoms with Crippen LogP contribution in [-0.2, 0) is 0 Å². The minimum absolute atomic E-state index is 0.598.